The molecule has 0 aliphatic rings. The van der Waals surface area contributed by atoms with Gasteiger partial charge in [-0.15, -0.1) is 0 Å². The molecule has 0 heterocycles. The number of hydrogen-bond acceptors (Lipinski definition) is 6. The van der Waals surface area contributed by atoms with Gasteiger partial charge in [-0.2, -0.15) is 5.10 Å². The van der Waals surface area contributed by atoms with E-state index in [4.69, 9.17) is 37.4 Å². The maximum atomic E-state index is 12.1. The summed E-state index contributed by atoms with van der Waals surface area (Å²) in [4.78, 5) is 24.1. The van der Waals surface area contributed by atoms with Gasteiger partial charge in [0.1, 0.15) is 18.8 Å². The highest BCUT2D eigenvalue weighted by Gasteiger charge is 2.10. The smallest absolute Gasteiger partial charge is 0.249 e. The summed E-state index contributed by atoms with van der Waals surface area (Å²) in [5.41, 5.74) is 4.33. The van der Waals surface area contributed by atoms with E-state index in [2.05, 4.69) is 15.8 Å². The number of carbonyl (C=O) groups is 2. The number of rotatable bonds is 11. The Morgan fingerprint density at radius 1 is 0.944 bits per heavy atom. The highest BCUT2D eigenvalue weighted by molar-refractivity contribution is 6.35. The molecule has 188 valence electrons. The van der Waals surface area contributed by atoms with E-state index in [9.17, 15) is 9.59 Å². The van der Waals surface area contributed by atoms with Crippen molar-refractivity contribution < 1.29 is 23.8 Å². The van der Waals surface area contributed by atoms with E-state index >= 15 is 0 Å². The van der Waals surface area contributed by atoms with Crippen LogP contribution in [0.15, 0.2) is 65.8 Å². The van der Waals surface area contributed by atoms with Gasteiger partial charge in [0.2, 0.25) is 11.8 Å². The van der Waals surface area contributed by atoms with Crippen molar-refractivity contribution in [1.29, 1.82) is 0 Å². The Morgan fingerprint density at radius 3 is 2.42 bits per heavy atom. The molecule has 2 amide bonds. The molecule has 0 atom stereocenters. The lowest BCUT2D eigenvalue weighted by Gasteiger charge is -2.12. The predicted octanol–water partition coefficient (Wildman–Crippen LogP) is 5.46. The number of nitrogens with zero attached hydrogens (tertiary/aromatic N) is 1. The number of anilines is 1. The molecule has 0 aromatic heterocycles. The first kappa shape index (κ1) is 26.8. The van der Waals surface area contributed by atoms with Gasteiger partial charge in [-0.3, -0.25) is 9.59 Å². The maximum absolute atomic E-state index is 12.1. The van der Waals surface area contributed by atoms with Crippen LogP contribution in [0.3, 0.4) is 0 Å². The van der Waals surface area contributed by atoms with E-state index in [1.54, 1.807) is 60.7 Å². The molecule has 3 aromatic carbocycles. The summed E-state index contributed by atoms with van der Waals surface area (Å²) in [6.45, 7) is 2.67. The monoisotopic (exact) mass is 529 g/mol. The number of hydrazone groups is 1. The zero-order valence-electron chi connectivity index (χ0n) is 19.7. The van der Waals surface area contributed by atoms with Gasteiger partial charge in [0.15, 0.2) is 11.5 Å². The molecule has 36 heavy (non-hydrogen) atoms. The second-order valence-corrected chi connectivity index (χ2v) is 8.25. The molecule has 0 saturated carbocycles. The van der Waals surface area contributed by atoms with Gasteiger partial charge in [0.25, 0.3) is 0 Å². The van der Waals surface area contributed by atoms with Crippen LogP contribution < -0.4 is 25.0 Å². The van der Waals surface area contributed by atoms with E-state index in [1.165, 1.54) is 13.3 Å². The maximum Gasteiger partial charge on any atom is 0.249 e. The Kier molecular flexibility index (Phi) is 9.97. The van der Waals surface area contributed by atoms with Crippen LogP contribution >= 0.6 is 23.2 Å². The predicted molar refractivity (Wildman–Crippen MR) is 140 cm³/mol. The highest BCUT2D eigenvalue weighted by Crippen LogP contribution is 2.29. The summed E-state index contributed by atoms with van der Waals surface area (Å²) in [5, 5.41) is 7.61. The van der Waals surface area contributed by atoms with Gasteiger partial charge >= 0.3 is 0 Å². The van der Waals surface area contributed by atoms with E-state index in [0.717, 1.165) is 5.56 Å². The number of nitrogens with one attached hydrogen (secondary N) is 2. The molecule has 0 saturated heterocycles. The minimum Gasteiger partial charge on any atom is -0.494 e. The van der Waals surface area contributed by atoms with Crippen LogP contribution in [0.25, 0.3) is 0 Å². The molecular formula is C26H25Cl2N3O5. The van der Waals surface area contributed by atoms with Crippen molar-refractivity contribution in [2.24, 2.45) is 5.10 Å². The quantitative estimate of drug-likeness (QED) is 0.195. The molecule has 0 bridgehead atoms. The van der Waals surface area contributed by atoms with E-state index in [0.29, 0.717) is 45.2 Å². The zero-order chi connectivity index (χ0) is 25.9. The second kappa shape index (κ2) is 13.4. The number of ether oxygens (including phenoxy) is 3. The molecule has 10 heteroatoms. The molecular weight excluding hydrogens is 505 g/mol. The summed E-state index contributed by atoms with van der Waals surface area (Å²) in [5.74, 6) is 0.669. The van der Waals surface area contributed by atoms with E-state index in [1.807, 2.05) is 6.92 Å². The third-order valence-electron chi connectivity index (χ3n) is 4.76. The molecule has 0 unspecified atom stereocenters. The molecule has 0 radical (unpaired) electrons. The Morgan fingerprint density at radius 2 is 1.72 bits per heavy atom. The average Bonchev–Trinajstić information content (AvgIpc) is 2.85. The fourth-order valence-corrected chi connectivity index (χ4v) is 3.51. The largest absolute Gasteiger partial charge is 0.494 e. The van der Waals surface area contributed by atoms with Gasteiger partial charge < -0.3 is 19.5 Å². The lowest BCUT2D eigenvalue weighted by molar-refractivity contribution is -0.126. The lowest BCUT2D eigenvalue weighted by atomic mass is 10.2. The van der Waals surface area contributed by atoms with Crippen molar-refractivity contribution in [1.82, 2.24) is 5.43 Å². The van der Waals surface area contributed by atoms with Crippen LogP contribution in [0.1, 0.15) is 24.5 Å². The van der Waals surface area contributed by atoms with Crippen LogP contribution in [0, 0.1) is 0 Å². The summed E-state index contributed by atoms with van der Waals surface area (Å²) < 4.78 is 16.6. The molecule has 0 fully saturated rings. The zero-order valence-corrected chi connectivity index (χ0v) is 21.2. The van der Waals surface area contributed by atoms with Crippen LogP contribution in [0.4, 0.5) is 5.69 Å². The van der Waals surface area contributed by atoms with Gasteiger partial charge in [-0.25, -0.2) is 5.43 Å². The Hall–Kier alpha value is -3.75. The Bertz CT molecular complexity index is 1230. The number of halogens is 2. The van der Waals surface area contributed by atoms with Crippen LogP contribution in [0.5, 0.6) is 17.2 Å². The summed E-state index contributed by atoms with van der Waals surface area (Å²) in [7, 11) is 1.52. The van der Waals surface area contributed by atoms with Crippen molar-refractivity contribution >= 4 is 46.9 Å². The fourth-order valence-electron chi connectivity index (χ4n) is 3.05. The number of benzene rings is 3. The van der Waals surface area contributed by atoms with Gasteiger partial charge in [-0.05, 0) is 67.1 Å². The van der Waals surface area contributed by atoms with Gasteiger partial charge in [0.05, 0.1) is 19.9 Å². The van der Waals surface area contributed by atoms with Crippen molar-refractivity contribution in [2.45, 2.75) is 20.0 Å². The van der Waals surface area contributed by atoms with Crippen LogP contribution in [0.2, 0.25) is 10.0 Å². The van der Waals surface area contributed by atoms with Crippen molar-refractivity contribution in [2.75, 3.05) is 19.0 Å². The summed E-state index contributed by atoms with van der Waals surface area (Å²) in [6, 6.07) is 17.2. The molecule has 3 rings (SSSR count). The summed E-state index contributed by atoms with van der Waals surface area (Å²) >= 11 is 12.1. The van der Waals surface area contributed by atoms with Crippen molar-refractivity contribution in [3.05, 3.63) is 81.8 Å². The topological polar surface area (TPSA) is 98.2 Å². The van der Waals surface area contributed by atoms with Crippen LogP contribution in [-0.2, 0) is 16.2 Å². The van der Waals surface area contributed by atoms with Gasteiger partial charge in [-0.1, -0.05) is 29.3 Å². The minimum absolute atomic E-state index is 0.231. The fraction of sp³-hybridized carbons (Fsp3) is 0.192. The Balaban J connectivity index is 1.50. The minimum atomic E-state index is -0.554. The van der Waals surface area contributed by atoms with Crippen molar-refractivity contribution in [3.8, 4) is 17.2 Å². The summed E-state index contributed by atoms with van der Waals surface area (Å²) in [6.07, 6.45) is 1.05. The second-order valence-electron chi connectivity index (χ2n) is 7.41. The van der Waals surface area contributed by atoms with Crippen LogP contribution in [-0.4, -0.2) is 31.7 Å². The molecule has 8 nitrogen and oxygen atoms in total. The number of hydrogen-bond donors (Lipinski definition) is 2. The molecule has 0 aliphatic heterocycles. The van der Waals surface area contributed by atoms with Crippen molar-refractivity contribution in [3.63, 3.8) is 0 Å². The number of methoxy groups -OCH3 is 1. The normalized spacial score (nSPS) is 10.7. The molecule has 3 aromatic rings. The van der Waals surface area contributed by atoms with E-state index in [-0.39, 0.29) is 13.0 Å². The molecule has 0 aliphatic carbocycles. The highest BCUT2D eigenvalue weighted by atomic mass is 35.5. The van der Waals surface area contributed by atoms with E-state index < -0.39 is 11.8 Å². The molecule has 2 N–H and O–H groups in total. The SMILES string of the molecule is CCOc1ccc(NC(=O)CC(=O)NN=Cc2ccc(OCc3ccc(Cl)cc3Cl)c(OC)c2)cc1. The lowest BCUT2D eigenvalue weighted by Crippen LogP contribution is -2.24. The number of amides is 2. The third kappa shape index (κ3) is 8.18. The average molecular weight is 530 g/mol. The first-order chi connectivity index (χ1) is 17.4. The van der Waals surface area contributed by atoms with Gasteiger partial charge in [0, 0.05) is 21.3 Å². The number of carbonyl (C=O) groups excluding carboxylic acids is 2. The Labute approximate surface area is 219 Å². The third-order valence-corrected chi connectivity index (χ3v) is 5.35. The standard InChI is InChI=1S/C26H25Cl2N3O5/c1-3-35-21-9-7-20(8-10-21)30-25(32)14-26(33)31-29-15-17-4-11-23(24(12-17)34-2)36-16-18-5-6-19(27)13-22(18)28/h4-13,15H,3,14,16H2,1-2H3,(H,30,32)(H,31,33). The first-order valence-electron chi connectivity index (χ1n) is 11.0. The first-order valence-corrected chi connectivity index (χ1v) is 11.7. The molecule has 0 spiro atoms.